The van der Waals surface area contributed by atoms with Gasteiger partial charge in [-0.25, -0.2) is 8.42 Å². The number of nitrogens with one attached hydrogen (secondary N) is 1. The third-order valence-electron chi connectivity index (χ3n) is 14.6. The molecule has 10 nitrogen and oxygen atoms in total. The summed E-state index contributed by atoms with van der Waals surface area (Å²) < 4.78 is 58.6. The molecule has 5 atom stereocenters. The van der Waals surface area contributed by atoms with E-state index in [-0.39, 0.29) is 74.5 Å². The SMILES string of the molecule is CCCCCCCN1C(=O)CCC[C@@H]1/C=C/[C@@H](O)C(F)(F)c1ccccc1.CCCCCCCN1C(=O)CCC[C@@H]1C(C)=O.Cc1ccc(C(C)C)cc1.Cc1ccc(S(=O)(=O)[N-][C@H](c2ccccc2)[C@H]([NH-])c2ccccc2)cc1.[CH3-].[CH3-].[Ru+4]. The summed E-state index contributed by atoms with van der Waals surface area (Å²) in [6.07, 6.45) is 16.7. The van der Waals surface area contributed by atoms with Gasteiger partial charge < -0.3 is 40.2 Å². The van der Waals surface area contributed by atoms with E-state index in [1.165, 1.54) is 73.9 Å². The molecule has 2 fully saturated rings. The molecule has 2 N–H and O–H groups in total. The van der Waals surface area contributed by atoms with Crippen LogP contribution in [0.4, 0.5) is 8.78 Å². The third-order valence-corrected chi connectivity index (χ3v) is 16.0. The minimum absolute atomic E-state index is 0. The van der Waals surface area contributed by atoms with Crippen LogP contribution in [0, 0.1) is 28.7 Å². The molecule has 456 valence electrons. The number of aryl methyl sites for hydroxylation is 2. The predicted molar refractivity (Wildman–Crippen MR) is 335 cm³/mol. The second kappa shape index (κ2) is 40.1. The quantitative estimate of drug-likeness (QED) is 0.0281. The molecule has 2 saturated heterocycles. The molecule has 0 bridgehead atoms. The molecule has 7 rings (SSSR count). The Labute approximate surface area is 512 Å². The standard InChI is InChI=1S/C22H31F2NO2.C21H20N2O2S.C14H25NO2.C10H14.2CH3.Ru/c1-2-3-4-5-9-17-25-19(13-10-14-21(25)27)15-16-20(26)22(23,24)18-11-7-6-8-12-18;1-16-12-14-19(15-13-16)26(24,25)23-21(18-10-6-3-7-11-18)20(22)17-8-4-2-5-9-17;1-3-4-5-6-7-11-15-13(12(2)16)9-8-10-14(15)17;1-8(2)10-6-4-9(3)5-7-10;;;/h6-8,11-12,15-16,19-20,26H,2-5,9-10,13-14,17H2,1H3;2-15,20-22H,1H3;13H,3-11H2,1-2H3;4-8H,1-3H3;2*1H3;/q;-2;;;2*-1;+4/b16-15+;;;;;;/t19-,20-;20-,21-;13-;;;;/m111..../s1. The number of alkyl halides is 2. The molecule has 14 heteroatoms. The van der Waals surface area contributed by atoms with Crippen molar-refractivity contribution in [2.45, 2.75) is 198 Å². The van der Waals surface area contributed by atoms with Crippen LogP contribution in [0.2, 0.25) is 0 Å². The summed E-state index contributed by atoms with van der Waals surface area (Å²) in [6.45, 7) is 15.8. The van der Waals surface area contributed by atoms with Gasteiger partial charge in [-0.2, -0.15) is 8.78 Å². The Morgan fingerprint density at radius 3 is 1.60 bits per heavy atom. The number of nitrogens with zero attached hydrogens (tertiary/aromatic N) is 3. The molecule has 5 aromatic carbocycles. The number of hydrogen-bond donors (Lipinski definition) is 1. The fourth-order valence-electron chi connectivity index (χ4n) is 9.70. The van der Waals surface area contributed by atoms with Gasteiger partial charge in [-0.15, -0.1) is 12.1 Å². The van der Waals surface area contributed by atoms with Gasteiger partial charge in [0.2, 0.25) is 11.8 Å². The Balaban J connectivity index is 0.000000575. The number of likely N-dealkylation sites (tertiary alicyclic amines) is 2. The molecule has 0 unspecified atom stereocenters. The molecule has 0 radical (unpaired) electrons. The maximum absolute atomic E-state index is 14.4. The summed E-state index contributed by atoms with van der Waals surface area (Å²) in [5.41, 5.74) is 13.6. The Morgan fingerprint density at radius 1 is 0.663 bits per heavy atom. The van der Waals surface area contributed by atoms with Gasteiger partial charge in [-0.05, 0) is 82.9 Å². The number of rotatable bonds is 24. The van der Waals surface area contributed by atoms with Gasteiger partial charge in [0.15, 0.2) is 5.78 Å². The van der Waals surface area contributed by atoms with Crippen molar-refractivity contribution in [1.29, 1.82) is 0 Å². The number of ketones is 1. The molecule has 2 amide bonds. The first-order valence-corrected chi connectivity index (χ1v) is 30.5. The fourth-order valence-corrected chi connectivity index (χ4v) is 10.8. The van der Waals surface area contributed by atoms with Gasteiger partial charge in [0, 0.05) is 36.4 Å². The largest absolute Gasteiger partial charge is 4.00 e. The Kier molecular flexibility index (Phi) is 36.7. The van der Waals surface area contributed by atoms with Crippen LogP contribution in [0.25, 0.3) is 10.5 Å². The van der Waals surface area contributed by atoms with Crippen molar-refractivity contribution in [3.8, 4) is 0 Å². The minimum Gasteiger partial charge on any atom is -0.672 e. The van der Waals surface area contributed by atoms with E-state index < -0.39 is 34.1 Å². The molecule has 0 aliphatic carbocycles. The molecule has 2 aliphatic heterocycles. The van der Waals surface area contributed by atoms with Crippen molar-refractivity contribution in [3.05, 3.63) is 210 Å². The minimum atomic E-state index is -3.87. The van der Waals surface area contributed by atoms with Crippen molar-refractivity contribution >= 4 is 27.6 Å². The van der Waals surface area contributed by atoms with Crippen molar-refractivity contribution in [2.24, 2.45) is 0 Å². The van der Waals surface area contributed by atoms with Gasteiger partial charge in [-0.1, -0.05) is 241 Å². The van der Waals surface area contributed by atoms with E-state index >= 15 is 0 Å². The number of piperidine rings is 2. The summed E-state index contributed by atoms with van der Waals surface area (Å²) in [5, 5.41) is 10.0. The molecule has 5 aromatic rings. The predicted octanol–water partition coefficient (Wildman–Crippen LogP) is 17.6. The third kappa shape index (κ3) is 25.9. The van der Waals surface area contributed by atoms with E-state index in [9.17, 15) is 36.7 Å². The number of hydrogen-bond acceptors (Lipinski definition) is 6. The van der Waals surface area contributed by atoms with Crippen LogP contribution in [-0.2, 0) is 49.8 Å². The molecule has 0 saturated carbocycles. The van der Waals surface area contributed by atoms with E-state index in [1.54, 1.807) is 48.2 Å². The van der Waals surface area contributed by atoms with Crippen LogP contribution in [0.5, 0.6) is 0 Å². The van der Waals surface area contributed by atoms with Crippen LogP contribution in [0.3, 0.4) is 0 Å². The zero-order chi connectivity index (χ0) is 58.5. The van der Waals surface area contributed by atoms with Crippen molar-refractivity contribution in [2.75, 3.05) is 13.1 Å². The summed E-state index contributed by atoms with van der Waals surface area (Å²) in [4.78, 5) is 39.3. The average molecular weight is 1250 g/mol. The number of sulfonamides is 1. The summed E-state index contributed by atoms with van der Waals surface area (Å²) in [5.74, 6) is -2.31. The number of Topliss-reactive ketones (excluding diaryl/α,β-unsaturated/α-hetero) is 1. The number of carbonyl (C=O) groups is 3. The average Bonchev–Trinajstić information content (AvgIpc) is 3.46. The molecule has 2 heterocycles. The summed E-state index contributed by atoms with van der Waals surface area (Å²) in [7, 11) is -3.87. The molecule has 0 aromatic heterocycles. The maximum atomic E-state index is 14.4. The number of benzene rings is 5. The maximum Gasteiger partial charge on any atom is 4.00 e. The van der Waals surface area contributed by atoms with Gasteiger partial charge >= 0.3 is 25.4 Å². The second-order valence-electron chi connectivity index (χ2n) is 21.5. The number of unbranched alkanes of at least 4 members (excludes halogenated alkanes) is 8. The molecule has 83 heavy (non-hydrogen) atoms. The zero-order valence-electron chi connectivity index (χ0n) is 51.0. The van der Waals surface area contributed by atoms with E-state index in [0.717, 1.165) is 75.1 Å². The van der Waals surface area contributed by atoms with E-state index in [1.807, 2.05) is 72.5 Å². The Bertz CT molecular complexity index is 2700. The Morgan fingerprint density at radius 2 is 1.11 bits per heavy atom. The summed E-state index contributed by atoms with van der Waals surface area (Å²) >= 11 is 0. The normalized spacial score (nSPS) is 16.2. The first-order valence-electron chi connectivity index (χ1n) is 29.1. The van der Waals surface area contributed by atoms with Crippen molar-refractivity contribution in [1.82, 2.24) is 9.80 Å². The summed E-state index contributed by atoms with van der Waals surface area (Å²) in [6, 6.07) is 39.0. The number of carbonyl (C=O) groups excluding carboxylic acids is 3. The monoisotopic (exact) mass is 1250 g/mol. The zero-order valence-corrected chi connectivity index (χ0v) is 53.5. The van der Waals surface area contributed by atoms with Crippen LogP contribution in [-0.4, -0.2) is 72.2 Å². The topological polar surface area (TPSA) is 150 Å². The number of aliphatic hydroxyl groups excluding tert-OH is 1. The van der Waals surface area contributed by atoms with E-state index in [2.05, 4.69) is 63.6 Å². The van der Waals surface area contributed by atoms with E-state index in [4.69, 9.17) is 5.73 Å². The van der Waals surface area contributed by atoms with Crippen molar-refractivity contribution < 1.29 is 56.2 Å². The molecule has 0 spiro atoms. The smallest absolute Gasteiger partial charge is 0.672 e. The van der Waals surface area contributed by atoms with Gasteiger partial charge in [0.25, 0.3) is 0 Å². The fraction of sp³-hybridized carbons (Fsp3) is 0.464. The molecule has 2 aliphatic rings. The van der Waals surface area contributed by atoms with Gasteiger partial charge in [0.1, 0.15) is 16.1 Å². The van der Waals surface area contributed by atoms with Crippen molar-refractivity contribution in [3.63, 3.8) is 0 Å². The van der Waals surface area contributed by atoms with Crippen LogP contribution in [0.1, 0.15) is 189 Å². The Hall–Kier alpha value is -5.24. The molecular formula is C69H96F2N4O6RuS. The second-order valence-corrected chi connectivity index (χ2v) is 23.1. The van der Waals surface area contributed by atoms with Gasteiger partial charge in [0.05, 0.1) is 12.1 Å². The van der Waals surface area contributed by atoms with Crippen LogP contribution >= 0.6 is 0 Å². The first kappa shape index (κ1) is 75.8. The number of aliphatic hydroxyl groups is 1. The number of amides is 2. The van der Waals surface area contributed by atoms with Crippen LogP contribution in [0.15, 0.2) is 157 Å². The first-order chi connectivity index (χ1) is 38.3. The number of halogens is 2. The van der Waals surface area contributed by atoms with E-state index in [0.29, 0.717) is 30.9 Å². The van der Waals surface area contributed by atoms with Gasteiger partial charge in [-0.3, -0.25) is 14.4 Å². The molecular weight excluding hydrogens is 1150 g/mol. The van der Waals surface area contributed by atoms with Crippen LogP contribution < -0.4 is 0 Å².